The summed E-state index contributed by atoms with van der Waals surface area (Å²) in [6.45, 7) is 0. The van der Waals surface area contributed by atoms with Crippen LogP contribution in [-0.4, -0.2) is 9.78 Å². The maximum Gasteiger partial charge on any atom is 0.128 e. The van der Waals surface area contributed by atoms with Crippen LogP contribution in [0.5, 0.6) is 0 Å². The lowest BCUT2D eigenvalue weighted by Crippen LogP contribution is -2.30. The Morgan fingerprint density at radius 1 is 1.00 bits per heavy atom. The summed E-state index contributed by atoms with van der Waals surface area (Å²) in [5.41, 5.74) is 4.69. The van der Waals surface area contributed by atoms with Crippen molar-refractivity contribution in [1.82, 2.24) is 15.2 Å². The van der Waals surface area contributed by atoms with Crippen LogP contribution in [-0.2, 0) is 0 Å². The number of rotatable bonds is 4. The minimum absolute atomic E-state index is 0.310. The number of para-hydroxylation sites is 1. The first-order valence-electron chi connectivity index (χ1n) is 6.61. The van der Waals surface area contributed by atoms with Gasteiger partial charge < -0.3 is 0 Å². The highest BCUT2D eigenvalue weighted by Crippen LogP contribution is 2.22. The van der Waals surface area contributed by atoms with Crippen LogP contribution in [0.1, 0.15) is 17.3 Å². The van der Waals surface area contributed by atoms with Crippen LogP contribution in [0.4, 0.5) is 4.39 Å². The number of hydrogen-bond donors (Lipinski definition) is 2. The largest absolute Gasteiger partial charge is 0.271 e. The highest BCUT2D eigenvalue weighted by atomic mass is 19.1. The molecule has 0 fully saturated rings. The Morgan fingerprint density at radius 3 is 2.43 bits per heavy atom. The molecule has 0 saturated carbocycles. The van der Waals surface area contributed by atoms with E-state index in [4.69, 9.17) is 5.84 Å². The predicted molar refractivity (Wildman–Crippen MR) is 79.1 cm³/mol. The molecule has 0 aliphatic rings. The van der Waals surface area contributed by atoms with Crippen molar-refractivity contribution in [2.24, 2.45) is 5.84 Å². The van der Waals surface area contributed by atoms with E-state index in [1.165, 1.54) is 6.07 Å². The van der Waals surface area contributed by atoms with E-state index in [-0.39, 0.29) is 5.82 Å². The Kier molecular flexibility index (Phi) is 3.77. The van der Waals surface area contributed by atoms with Gasteiger partial charge in [-0.3, -0.25) is 5.84 Å². The second-order valence-electron chi connectivity index (χ2n) is 4.64. The maximum atomic E-state index is 13.9. The molecule has 0 bridgehead atoms. The van der Waals surface area contributed by atoms with Gasteiger partial charge in [0.25, 0.3) is 0 Å². The molecule has 0 aliphatic carbocycles. The van der Waals surface area contributed by atoms with Crippen molar-refractivity contribution in [3.8, 4) is 5.69 Å². The number of hydrazine groups is 1. The van der Waals surface area contributed by atoms with Crippen molar-refractivity contribution in [3.63, 3.8) is 0 Å². The molecule has 5 heteroatoms. The van der Waals surface area contributed by atoms with E-state index in [0.29, 0.717) is 11.3 Å². The fraction of sp³-hybridized carbons (Fsp3) is 0.0625. The molecule has 4 nitrogen and oxygen atoms in total. The Labute approximate surface area is 122 Å². The summed E-state index contributed by atoms with van der Waals surface area (Å²) in [5.74, 6) is 5.28. The molecular weight excluding hydrogens is 267 g/mol. The molecule has 0 saturated heterocycles. The highest BCUT2D eigenvalue weighted by Gasteiger charge is 2.18. The summed E-state index contributed by atoms with van der Waals surface area (Å²) in [6.07, 6.45) is 1.83. The quantitative estimate of drug-likeness (QED) is 0.571. The first-order valence-corrected chi connectivity index (χ1v) is 6.61. The summed E-state index contributed by atoms with van der Waals surface area (Å²) in [6, 6.07) is 17.6. The lowest BCUT2D eigenvalue weighted by atomic mass is 10.0. The minimum Gasteiger partial charge on any atom is -0.271 e. The fourth-order valence-corrected chi connectivity index (χ4v) is 2.26. The van der Waals surface area contributed by atoms with Gasteiger partial charge in [-0.25, -0.2) is 14.5 Å². The molecule has 0 amide bonds. The smallest absolute Gasteiger partial charge is 0.128 e. The van der Waals surface area contributed by atoms with Gasteiger partial charge in [0.2, 0.25) is 0 Å². The molecule has 1 aromatic heterocycles. The van der Waals surface area contributed by atoms with Gasteiger partial charge >= 0.3 is 0 Å². The van der Waals surface area contributed by atoms with E-state index in [1.54, 1.807) is 22.9 Å². The number of nitrogens with two attached hydrogens (primary N) is 1. The average Bonchev–Trinajstić information content (AvgIpc) is 3.00. The summed E-state index contributed by atoms with van der Waals surface area (Å²) >= 11 is 0. The number of nitrogens with one attached hydrogen (secondary N) is 1. The van der Waals surface area contributed by atoms with Crippen molar-refractivity contribution in [3.05, 3.63) is 83.9 Å². The van der Waals surface area contributed by atoms with Crippen LogP contribution < -0.4 is 11.3 Å². The molecule has 1 unspecified atom stereocenters. The van der Waals surface area contributed by atoms with Gasteiger partial charge in [-0.2, -0.15) is 5.10 Å². The van der Waals surface area contributed by atoms with Gasteiger partial charge in [0.05, 0.1) is 17.4 Å². The van der Waals surface area contributed by atoms with Gasteiger partial charge in [-0.1, -0.05) is 36.4 Å². The Morgan fingerprint density at radius 2 is 1.71 bits per heavy atom. The lowest BCUT2D eigenvalue weighted by Gasteiger charge is -2.14. The molecule has 0 spiro atoms. The molecule has 106 valence electrons. The second-order valence-corrected chi connectivity index (χ2v) is 4.64. The lowest BCUT2D eigenvalue weighted by molar-refractivity contribution is 0.550. The monoisotopic (exact) mass is 282 g/mol. The van der Waals surface area contributed by atoms with E-state index >= 15 is 0 Å². The number of hydrogen-bond acceptors (Lipinski definition) is 3. The van der Waals surface area contributed by atoms with Gasteiger partial charge in [-0.05, 0) is 24.3 Å². The number of nitrogens with zero attached hydrogens (tertiary/aromatic N) is 2. The third kappa shape index (κ3) is 2.69. The van der Waals surface area contributed by atoms with E-state index < -0.39 is 6.04 Å². The number of halogens is 1. The average molecular weight is 282 g/mol. The Hall–Kier alpha value is -2.50. The summed E-state index contributed by atoms with van der Waals surface area (Å²) in [5, 5.41) is 4.48. The summed E-state index contributed by atoms with van der Waals surface area (Å²) < 4.78 is 15.6. The Bertz CT molecular complexity index is 724. The zero-order valence-corrected chi connectivity index (χ0v) is 11.3. The van der Waals surface area contributed by atoms with E-state index in [2.05, 4.69) is 10.5 Å². The van der Waals surface area contributed by atoms with Crippen LogP contribution in [0.2, 0.25) is 0 Å². The molecule has 0 radical (unpaired) electrons. The Balaban J connectivity index is 1.96. The van der Waals surface area contributed by atoms with E-state index in [9.17, 15) is 4.39 Å². The van der Waals surface area contributed by atoms with Crippen LogP contribution in [0.3, 0.4) is 0 Å². The van der Waals surface area contributed by atoms with Crippen LogP contribution in [0, 0.1) is 5.82 Å². The van der Waals surface area contributed by atoms with E-state index in [1.807, 2.05) is 42.6 Å². The zero-order valence-electron chi connectivity index (χ0n) is 11.3. The molecule has 3 N–H and O–H groups in total. The SMILES string of the molecule is NNC(c1ccn(-c2ccccc2)n1)c1ccccc1F. The van der Waals surface area contributed by atoms with Gasteiger partial charge in [0.15, 0.2) is 0 Å². The van der Waals surface area contributed by atoms with Gasteiger partial charge in [-0.15, -0.1) is 0 Å². The van der Waals surface area contributed by atoms with Gasteiger partial charge in [0, 0.05) is 11.8 Å². The van der Waals surface area contributed by atoms with Crippen LogP contribution >= 0.6 is 0 Å². The minimum atomic E-state index is -0.490. The molecular formula is C16H15FN4. The van der Waals surface area contributed by atoms with Crippen molar-refractivity contribution >= 4 is 0 Å². The first kappa shape index (κ1) is 13.5. The van der Waals surface area contributed by atoms with Crippen LogP contribution in [0.25, 0.3) is 5.69 Å². The molecule has 21 heavy (non-hydrogen) atoms. The summed E-state index contributed by atoms with van der Waals surface area (Å²) in [4.78, 5) is 0. The third-order valence-corrected chi connectivity index (χ3v) is 3.31. The second kappa shape index (κ2) is 5.87. The number of aromatic nitrogens is 2. The van der Waals surface area contributed by atoms with Crippen LogP contribution in [0.15, 0.2) is 66.9 Å². The van der Waals surface area contributed by atoms with Crippen molar-refractivity contribution in [1.29, 1.82) is 0 Å². The normalized spacial score (nSPS) is 12.3. The predicted octanol–water partition coefficient (Wildman–Crippen LogP) is 2.56. The van der Waals surface area contributed by atoms with Crippen molar-refractivity contribution < 1.29 is 4.39 Å². The molecule has 1 atom stereocenters. The molecule has 0 aliphatic heterocycles. The van der Waals surface area contributed by atoms with E-state index in [0.717, 1.165) is 5.69 Å². The standard InChI is InChI=1S/C16H15FN4/c17-14-9-5-4-8-13(14)16(19-18)15-10-11-21(20-15)12-6-2-1-3-7-12/h1-11,16,19H,18H2. The van der Waals surface area contributed by atoms with Crippen molar-refractivity contribution in [2.75, 3.05) is 0 Å². The van der Waals surface area contributed by atoms with Crippen molar-refractivity contribution in [2.45, 2.75) is 6.04 Å². The molecule has 1 heterocycles. The number of benzene rings is 2. The topological polar surface area (TPSA) is 55.9 Å². The summed E-state index contributed by atoms with van der Waals surface area (Å²) in [7, 11) is 0. The maximum absolute atomic E-state index is 13.9. The molecule has 2 aromatic carbocycles. The zero-order chi connectivity index (χ0) is 14.7. The fourth-order valence-electron chi connectivity index (χ4n) is 2.26. The van der Waals surface area contributed by atoms with Gasteiger partial charge in [0.1, 0.15) is 5.82 Å². The third-order valence-electron chi connectivity index (χ3n) is 3.31. The first-order chi connectivity index (χ1) is 10.3. The highest BCUT2D eigenvalue weighted by molar-refractivity contribution is 5.33. The molecule has 3 aromatic rings. The molecule has 3 rings (SSSR count).